The van der Waals surface area contributed by atoms with Gasteiger partial charge in [0.15, 0.2) is 0 Å². The Balaban J connectivity index is 2.86. The molecule has 0 fully saturated rings. The topological polar surface area (TPSA) is 49.8 Å². The first-order valence-corrected chi connectivity index (χ1v) is 5.54. The van der Waals surface area contributed by atoms with Gasteiger partial charge in [-0.05, 0) is 31.4 Å². The van der Waals surface area contributed by atoms with Crippen LogP contribution in [0.1, 0.15) is 16.7 Å². The van der Waals surface area contributed by atoms with Crippen molar-refractivity contribution in [2.75, 3.05) is 20.7 Å². The second-order valence-electron chi connectivity index (χ2n) is 4.23. The summed E-state index contributed by atoms with van der Waals surface area (Å²) in [6.07, 6.45) is -0.248. The van der Waals surface area contributed by atoms with Crippen LogP contribution in [0.4, 0.5) is 4.79 Å². The average Bonchev–Trinajstić information content (AvgIpc) is 2.24. The van der Waals surface area contributed by atoms with E-state index in [0.717, 1.165) is 22.4 Å². The van der Waals surface area contributed by atoms with Crippen LogP contribution in [-0.2, 0) is 6.42 Å². The zero-order valence-electron chi connectivity index (χ0n) is 10.8. The van der Waals surface area contributed by atoms with Gasteiger partial charge in [-0.3, -0.25) is 0 Å². The minimum Gasteiger partial charge on any atom is -0.496 e. The molecule has 0 heterocycles. The van der Waals surface area contributed by atoms with E-state index < -0.39 is 6.09 Å². The quantitative estimate of drug-likeness (QED) is 0.875. The average molecular weight is 237 g/mol. The molecule has 0 aromatic heterocycles. The van der Waals surface area contributed by atoms with Gasteiger partial charge in [0.1, 0.15) is 5.75 Å². The van der Waals surface area contributed by atoms with Crippen LogP contribution in [0.25, 0.3) is 0 Å². The fourth-order valence-corrected chi connectivity index (χ4v) is 1.90. The van der Waals surface area contributed by atoms with E-state index in [1.54, 1.807) is 14.2 Å². The minimum atomic E-state index is -0.909. The Morgan fingerprint density at radius 3 is 2.59 bits per heavy atom. The van der Waals surface area contributed by atoms with Crippen LogP contribution < -0.4 is 4.74 Å². The van der Waals surface area contributed by atoms with Crippen LogP contribution in [0.3, 0.4) is 0 Å². The molecule has 0 saturated carbocycles. The lowest BCUT2D eigenvalue weighted by Gasteiger charge is -2.16. The number of nitrogens with zero attached hydrogens (tertiary/aromatic N) is 1. The van der Waals surface area contributed by atoms with Crippen molar-refractivity contribution in [1.29, 1.82) is 0 Å². The van der Waals surface area contributed by atoms with Crippen molar-refractivity contribution in [3.8, 4) is 5.75 Å². The first-order valence-electron chi connectivity index (χ1n) is 5.54. The number of hydrogen-bond donors (Lipinski definition) is 1. The number of aryl methyl sites for hydroxylation is 2. The second-order valence-corrected chi connectivity index (χ2v) is 4.23. The summed E-state index contributed by atoms with van der Waals surface area (Å²) in [5, 5.41) is 8.79. The number of carboxylic acid groups (broad SMARTS) is 1. The molecular weight excluding hydrogens is 218 g/mol. The Kier molecular flexibility index (Phi) is 4.37. The number of carbonyl (C=O) groups is 1. The third-order valence-corrected chi connectivity index (χ3v) is 2.74. The maximum absolute atomic E-state index is 10.7. The Bertz CT molecular complexity index is 415. The molecule has 4 heteroatoms. The second kappa shape index (κ2) is 5.57. The normalized spacial score (nSPS) is 10.1. The molecule has 94 valence electrons. The summed E-state index contributed by atoms with van der Waals surface area (Å²) in [6, 6.07) is 4.10. The molecule has 1 aromatic rings. The van der Waals surface area contributed by atoms with E-state index in [4.69, 9.17) is 9.84 Å². The van der Waals surface area contributed by atoms with Crippen LogP contribution in [0.5, 0.6) is 5.75 Å². The van der Waals surface area contributed by atoms with Gasteiger partial charge in [0, 0.05) is 13.6 Å². The lowest BCUT2D eigenvalue weighted by atomic mass is 10.0. The fraction of sp³-hybridized carbons (Fsp3) is 0.462. The van der Waals surface area contributed by atoms with Crippen molar-refractivity contribution >= 4 is 6.09 Å². The van der Waals surface area contributed by atoms with Crippen molar-refractivity contribution in [3.05, 3.63) is 28.8 Å². The van der Waals surface area contributed by atoms with E-state index in [0.29, 0.717) is 13.0 Å². The summed E-state index contributed by atoms with van der Waals surface area (Å²) in [6.45, 7) is 4.49. The van der Waals surface area contributed by atoms with Gasteiger partial charge in [-0.15, -0.1) is 0 Å². The molecule has 0 atom stereocenters. The van der Waals surface area contributed by atoms with E-state index in [2.05, 4.69) is 6.07 Å². The van der Waals surface area contributed by atoms with Crippen LogP contribution in [-0.4, -0.2) is 36.8 Å². The fourth-order valence-electron chi connectivity index (χ4n) is 1.90. The largest absolute Gasteiger partial charge is 0.496 e. The summed E-state index contributed by atoms with van der Waals surface area (Å²) in [5.41, 5.74) is 3.30. The molecule has 4 nitrogen and oxygen atoms in total. The van der Waals surface area contributed by atoms with Gasteiger partial charge in [-0.1, -0.05) is 17.7 Å². The molecular formula is C13H19NO3. The first-order chi connectivity index (χ1) is 7.95. The SMILES string of the molecule is COc1c(C)cc(C)cc1CCN(C)C(=O)O. The molecule has 1 aromatic carbocycles. The van der Waals surface area contributed by atoms with Gasteiger partial charge in [0.05, 0.1) is 7.11 Å². The maximum atomic E-state index is 10.7. The molecule has 0 aliphatic carbocycles. The van der Waals surface area contributed by atoms with Crippen LogP contribution in [0.2, 0.25) is 0 Å². The highest BCUT2D eigenvalue weighted by molar-refractivity contribution is 5.64. The number of hydrogen-bond acceptors (Lipinski definition) is 2. The molecule has 0 saturated heterocycles. The van der Waals surface area contributed by atoms with Crippen molar-refractivity contribution in [1.82, 2.24) is 4.90 Å². The predicted molar refractivity (Wildman–Crippen MR) is 66.8 cm³/mol. The summed E-state index contributed by atoms with van der Waals surface area (Å²) in [5.74, 6) is 0.856. The van der Waals surface area contributed by atoms with Crippen LogP contribution in [0.15, 0.2) is 12.1 Å². The first kappa shape index (κ1) is 13.4. The third kappa shape index (κ3) is 3.37. The number of benzene rings is 1. The highest BCUT2D eigenvalue weighted by Crippen LogP contribution is 2.25. The van der Waals surface area contributed by atoms with Gasteiger partial charge in [0.2, 0.25) is 0 Å². The van der Waals surface area contributed by atoms with Gasteiger partial charge in [-0.25, -0.2) is 4.79 Å². The van der Waals surface area contributed by atoms with E-state index in [1.807, 2.05) is 19.9 Å². The lowest BCUT2D eigenvalue weighted by Crippen LogP contribution is -2.27. The molecule has 0 unspecified atom stereocenters. The van der Waals surface area contributed by atoms with Crippen molar-refractivity contribution in [2.45, 2.75) is 20.3 Å². The number of amides is 1. The van der Waals surface area contributed by atoms with Crippen molar-refractivity contribution < 1.29 is 14.6 Å². The number of rotatable bonds is 4. The third-order valence-electron chi connectivity index (χ3n) is 2.74. The smallest absolute Gasteiger partial charge is 0.407 e. The van der Waals surface area contributed by atoms with Gasteiger partial charge in [0.25, 0.3) is 0 Å². The van der Waals surface area contributed by atoms with Crippen LogP contribution >= 0.6 is 0 Å². The van der Waals surface area contributed by atoms with E-state index >= 15 is 0 Å². The maximum Gasteiger partial charge on any atom is 0.407 e. The molecule has 17 heavy (non-hydrogen) atoms. The molecule has 1 rings (SSSR count). The zero-order valence-corrected chi connectivity index (χ0v) is 10.8. The van der Waals surface area contributed by atoms with Gasteiger partial charge in [-0.2, -0.15) is 0 Å². The molecule has 1 amide bonds. The molecule has 0 radical (unpaired) electrons. The lowest BCUT2D eigenvalue weighted by molar-refractivity contribution is 0.156. The van der Waals surface area contributed by atoms with E-state index in [-0.39, 0.29) is 0 Å². The Hall–Kier alpha value is -1.71. The molecule has 1 N–H and O–H groups in total. The predicted octanol–water partition coefficient (Wildman–Crippen LogP) is 2.46. The summed E-state index contributed by atoms with van der Waals surface area (Å²) in [7, 11) is 3.21. The molecule has 0 aliphatic heterocycles. The van der Waals surface area contributed by atoms with Crippen LogP contribution in [0, 0.1) is 13.8 Å². The minimum absolute atomic E-state index is 0.467. The Morgan fingerprint density at radius 2 is 2.06 bits per heavy atom. The zero-order chi connectivity index (χ0) is 13.0. The number of ether oxygens (including phenoxy) is 1. The van der Waals surface area contributed by atoms with Gasteiger partial charge >= 0.3 is 6.09 Å². The van der Waals surface area contributed by atoms with E-state index in [9.17, 15) is 4.79 Å². The highest BCUT2D eigenvalue weighted by atomic mass is 16.5. The van der Waals surface area contributed by atoms with E-state index in [1.165, 1.54) is 4.90 Å². The van der Waals surface area contributed by atoms with Crippen molar-refractivity contribution in [2.24, 2.45) is 0 Å². The number of methoxy groups -OCH3 is 1. The summed E-state index contributed by atoms with van der Waals surface area (Å²) in [4.78, 5) is 12.0. The summed E-state index contributed by atoms with van der Waals surface area (Å²) >= 11 is 0. The number of likely N-dealkylation sites (N-methyl/N-ethyl adjacent to an activating group) is 1. The Labute approximate surface area is 102 Å². The molecule has 0 spiro atoms. The monoisotopic (exact) mass is 237 g/mol. The standard InChI is InChI=1S/C13H19NO3/c1-9-7-10(2)12(17-4)11(8-9)5-6-14(3)13(15)16/h7-8H,5-6H2,1-4H3,(H,15,16). The molecule has 0 aliphatic rings. The van der Waals surface area contributed by atoms with Crippen molar-refractivity contribution in [3.63, 3.8) is 0 Å². The van der Waals surface area contributed by atoms with Gasteiger partial charge < -0.3 is 14.7 Å². The Morgan fingerprint density at radius 1 is 1.41 bits per heavy atom. The highest BCUT2D eigenvalue weighted by Gasteiger charge is 2.10. The molecule has 0 bridgehead atoms. The summed E-state index contributed by atoms with van der Waals surface area (Å²) < 4.78 is 5.36.